The van der Waals surface area contributed by atoms with E-state index < -0.39 is 5.51 Å². The van der Waals surface area contributed by atoms with Gasteiger partial charge in [0.1, 0.15) is 0 Å². The molecule has 1 rings (SSSR count). The van der Waals surface area contributed by atoms with Gasteiger partial charge < -0.3 is 0 Å². The number of hydrogen-bond donors (Lipinski definition) is 0. The van der Waals surface area contributed by atoms with E-state index in [4.69, 9.17) is 11.6 Å². The van der Waals surface area contributed by atoms with E-state index >= 15 is 0 Å². The Morgan fingerprint density at radius 1 is 1.31 bits per heavy atom. The minimum absolute atomic E-state index is 0.106. The van der Waals surface area contributed by atoms with E-state index in [1.165, 1.54) is 12.1 Å². The number of thioether (sulfide) groups is 1. The van der Waals surface area contributed by atoms with E-state index in [-0.39, 0.29) is 16.7 Å². The molecule has 0 amide bonds. The van der Waals surface area contributed by atoms with Crippen molar-refractivity contribution in [3.05, 3.63) is 35.9 Å². The molecule has 88 valence electrons. The highest BCUT2D eigenvalue weighted by atomic mass is 35.5. The summed E-state index contributed by atoms with van der Waals surface area (Å²) >= 11 is 5.38. The Morgan fingerprint density at radius 2 is 2.06 bits per heavy atom. The smallest absolute Gasteiger partial charge is 0.160 e. The molecule has 0 fully saturated rings. The average molecular weight is 267 g/mol. The maximum absolute atomic E-state index is 12.1. The normalized spacial score (nSPS) is 12.2. The Morgan fingerprint density at radius 3 is 2.69 bits per heavy atom. The van der Waals surface area contributed by atoms with Gasteiger partial charge in [0.15, 0.2) is 0 Å². The molecule has 0 radical (unpaired) electrons. The van der Waals surface area contributed by atoms with Crippen LogP contribution in [0.2, 0.25) is 0 Å². The third kappa shape index (κ3) is 5.47. The third-order valence-electron chi connectivity index (χ3n) is 1.68. The van der Waals surface area contributed by atoms with Crippen molar-refractivity contribution in [3.8, 4) is 0 Å². The van der Waals surface area contributed by atoms with Gasteiger partial charge in [-0.25, -0.2) is 0 Å². The molecule has 0 aromatic heterocycles. The van der Waals surface area contributed by atoms with Crippen molar-refractivity contribution in [1.29, 1.82) is 0 Å². The number of alkyl halides is 4. The summed E-state index contributed by atoms with van der Waals surface area (Å²) in [5.74, 6) is 0.507. The number of allylic oxidation sites excluding steroid dienone is 1. The van der Waals surface area contributed by atoms with Gasteiger partial charge in [-0.1, -0.05) is 24.3 Å². The topological polar surface area (TPSA) is 0 Å². The monoisotopic (exact) mass is 266 g/mol. The second-order valence-corrected chi connectivity index (χ2v) is 4.52. The van der Waals surface area contributed by atoms with Crippen LogP contribution in [0, 0.1) is 0 Å². The molecule has 5 heteroatoms. The lowest BCUT2D eigenvalue weighted by Crippen LogP contribution is -1.98. The highest BCUT2D eigenvalue weighted by Crippen LogP contribution is 2.37. The van der Waals surface area contributed by atoms with E-state index in [2.05, 4.69) is 0 Å². The van der Waals surface area contributed by atoms with Gasteiger partial charge in [0.25, 0.3) is 0 Å². The van der Waals surface area contributed by atoms with Crippen molar-refractivity contribution < 1.29 is 13.2 Å². The molecule has 0 bridgehead atoms. The number of hydrogen-bond acceptors (Lipinski definition) is 1. The zero-order valence-electron chi connectivity index (χ0n) is 8.30. The van der Waals surface area contributed by atoms with Gasteiger partial charge in [-0.2, -0.15) is 13.2 Å². The van der Waals surface area contributed by atoms with Crippen LogP contribution >= 0.6 is 23.4 Å². The predicted octanol–water partition coefficient (Wildman–Crippen LogP) is 4.94. The van der Waals surface area contributed by atoms with Crippen LogP contribution in [0.3, 0.4) is 0 Å². The van der Waals surface area contributed by atoms with Crippen LogP contribution in [0.15, 0.2) is 35.2 Å². The first-order chi connectivity index (χ1) is 7.51. The first-order valence-corrected chi connectivity index (χ1v) is 5.95. The Hall–Kier alpha value is -0.610. The van der Waals surface area contributed by atoms with Crippen molar-refractivity contribution >= 4 is 29.4 Å². The quantitative estimate of drug-likeness (QED) is 0.549. The summed E-state index contributed by atoms with van der Waals surface area (Å²) in [7, 11) is 0. The lowest BCUT2D eigenvalue weighted by atomic mass is 10.2. The zero-order chi connectivity index (χ0) is 12.0. The summed E-state index contributed by atoms with van der Waals surface area (Å²) in [6, 6.07) is 6.31. The van der Waals surface area contributed by atoms with E-state index in [0.29, 0.717) is 12.3 Å². The van der Waals surface area contributed by atoms with Gasteiger partial charge in [0.05, 0.1) is 0 Å². The fraction of sp³-hybridized carbons (Fsp3) is 0.273. The number of halogens is 4. The van der Waals surface area contributed by atoms with Crippen LogP contribution in [-0.2, 0) is 0 Å². The van der Waals surface area contributed by atoms with Crippen molar-refractivity contribution in [3.63, 3.8) is 0 Å². The fourth-order valence-corrected chi connectivity index (χ4v) is 1.83. The first kappa shape index (κ1) is 13.5. The summed E-state index contributed by atoms with van der Waals surface area (Å²) in [6.07, 6.45) is 4.31. The number of benzene rings is 1. The summed E-state index contributed by atoms with van der Waals surface area (Å²) in [5.41, 5.74) is -3.49. The molecule has 1 aromatic rings. The Labute approximate surface area is 101 Å². The molecule has 0 saturated heterocycles. The van der Waals surface area contributed by atoms with E-state index in [9.17, 15) is 13.2 Å². The van der Waals surface area contributed by atoms with Gasteiger partial charge in [0.2, 0.25) is 0 Å². The molecular formula is C11H10ClF3S. The Balaban J connectivity index is 2.71. The molecular weight excluding hydrogens is 257 g/mol. The van der Waals surface area contributed by atoms with E-state index in [0.717, 1.165) is 5.56 Å². The summed E-state index contributed by atoms with van der Waals surface area (Å²) in [6.45, 7) is 0. The van der Waals surface area contributed by atoms with Crippen LogP contribution in [0.4, 0.5) is 13.2 Å². The van der Waals surface area contributed by atoms with Gasteiger partial charge in [-0.15, -0.1) is 11.6 Å². The molecule has 0 unspecified atom stereocenters. The predicted molar refractivity (Wildman–Crippen MR) is 62.7 cm³/mol. The summed E-state index contributed by atoms with van der Waals surface area (Å²) in [5, 5.41) is 0. The van der Waals surface area contributed by atoms with Crippen molar-refractivity contribution in [2.75, 3.05) is 5.88 Å². The number of rotatable bonds is 4. The third-order valence-corrected chi connectivity index (χ3v) is 2.62. The lowest BCUT2D eigenvalue weighted by Gasteiger charge is -2.05. The molecule has 0 spiro atoms. The second kappa shape index (κ2) is 6.21. The highest BCUT2D eigenvalue weighted by molar-refractivity contribution is 8.00. The minimum atomic E-state index is -4.24. The molecule has 16 heavy (non-hydrogen) atoms. The van der Waals surface area contributed by atoms with E-state index in [1.54, 1.807) is 18.2 Å². The maximum atomic E-state index is 12.1. The van der Waals surface area contributed by atoms with Crippen LogP contribution in [-0.4, -0.2) is 11.4 Å². The highest BCUT2D eigenvalue weighted by Gasteiger charge is 2.28. The standard InChI is InChI=1S/C11H10ClF3S/c12-7-2-1-4-9-5-3-6-10(8-9)16-11(13,14)15/h1,3-6,8H,2,7H2. The van der Waals surface area contributed by atoms with Crippen LogP contribution in [0.1, 0.15) is 12.0 Å². The van der Waals surface area contributed by atoms with Gasteiger partial charge in [-0.05, 0) is 35.9 Å². The largest absolute Gasteiger partial charge is 0.446 e. The second-order valence-electron chi connectivity index (χ2n) is 3.00. The lowest BCUT2D eigenvalue weighted by molar-refractivity contribution is -0.0328. The van der Waals surface area contributed by atoms with Crippen LogP contribution < -0.4 is 0 Å². The van der Waals surface area contributed by atoms with Crippen molar-refractivity contribution in [1.82, 2.24) is 0 Å². The molecule has 1 aromatic carbocycles. The molecule has 0 aliphatic carbocycles. The van der Waals surface area contributed by atoms with E-state index in [1.807, 2.05) is 6.08 Å². The molecule has 0 atom stereocenters. The molecule has 0 saturated carbocycles. The molecule has 0 heterocycles. The summed E-state index contributed by atoms with van der Waals surface area (Å²) < 4.78 is 36.3. The Bertz CT molecular complexity index is 360. The SMILES string of the molecule is FC(F)(F)Sc1cccc(C=CCCCl)c1. The molecule has 0 N–H and O–H groups in total. The maximum Gasteiger partial charge on any atom is 0.446 e. The van der Waals surface area contributed by atoms with Crippen LogP contribution in [0.25, 0.3) is 6.08 Å². The zero-order valence-corrected chi connectivity index (χ0v) is 9.87. The molecule has 0 aliphatic heterocycles. The van der Waals surface area contributed by atoms with Gasteiger partial charge in [-0.3, -0.25) is 0 Å². The molecule has 0 nitrogen and oxygen atoms in total. The van der Waals surface area contributed by atoms with Crippen molar-refractivity contribution in [2.24, 2.45) is 0 Å². The van der Waals surface area contributed by atoms with Crippen molar-refractivity contribution in [2.45, 2.75) is 16.8 Å². The average Bonchev–Trinajstić information content (AvgIpc) is 2.16. The first-order valence-electron chi connectivity index (χ1n) is 4.59. The molecule has 0 aliphatic rings. The summed E-state index contributed by atoms with van der Waals surface area (Å²) in [4.78, 5) is 0.195. The fourth-order valence-electron chi connectivity index (χ4n) is 1.10. The minimum Gasteiger partial charge on any atom is -0.160 e. The van der Waals surface area contributed by atoms with Gasteiger partial charge in [0, 0.05) is 10.8 Å². The van der Waals surface area contributed by atoms with Gasteiger partial charge >= 0.3 is 5.51 Å². The van der Waals surface area contributed by atoms with Crippen LogP contribution in [0.5, 0.6) is 0 Å². The Kier molecular flexibility index (Phi) is 5.22.